The topological polar surface area (TPSA) is 73.8 Å². The molecule has 1 rings (SSSR count). The van der Waals surface area contributed by atoms with Gasteiger partial charge in [0.15, 0.2) is 0 Å². The van der Waals surface area contributed by atoms with E-state index in [1.807, 2.05) is 0 Å². The van der Waals surface area contributed by atoms with Crippen molar-refractivity contribution in [2.75, 3.05) is 92.9 Å². The molecule has 8 heteroatoms. The zero-order valence-electron chi connectivity index (χ0n) is 13.2. The molecule has 0 radical (unpaired) electrons. The van der Waals surface area contributed by atoms with Crippen molar-refractivity contribution < 1.29 is 37.9 Å². The molecule has 0 aliphatic carbocycles. The molecule has 1 aliphatic rings. The fraction of sp³-hybridized carbons (Fsp3) is 1.00. The molecular formula is C14H28O8. The predicted molar refractivity (Wildman–Crippen MR) is 76.8 cm³/mol. The standard InChI is InChI=1S/C14H28O8/c1-2-16-6-10-20-14-22-12-8-18-4-3-17-7-11-21-13-19-9-5-15-1/h1-14H2. The summed E-state index contributed by atoms with van der Waals surface area (Å²) in [6, 6.07) is 0. The predicted octanol–water partition coefficient (Wildman–Crippen LogP) is 0.0478. The monoisotopic (exact) mass is 324 g/mol. The molecule has 0 amide bonds. The molecule has 0 atom stereocenters. The van der Waals surface area contributed by atoms with Gasteiger partial charge >= 0.3 is 0 Å². The van der Waals surface area contributed by atoms with Crippen molar-refractivity contribution in [3.63, 3.8) is 0 Å². The second kappa shape index (κ2) is 17.0. The normalized spacial score (nSPS) is 24.0. The molecule has 0 bridgehead atoms. The second-order valence-corrected chi connectivity index (χ2v) is 4.32. The molecule has 1 heterocycles. The lowest BCUT2D eigenvalue weighted by atomic mass is 10.7. The van der Waals surface area contributed by atoms with Gasteiger partial charge < -0.3 is 37.9 Å². The van der Waals surface area contributed by atoms with Gasteiger partial charge in [-0.25, -0.2) is 0 Å². The van der Waals surface area contributed by atoms with E-state index in [4.69, 9.17) is 37.9 Å². The van der Waals surface area contributed by atoms with Gasteiger partial charge in [0, 0.05) is 0 Å². The minimum absolute atomic E-state index is 0.244. The highest BCUT2D eigenvalue weighted by atomic mass is 16.7. The molecule has 0 spiro atoms. The molecule has 0 aromatic heterocycles. The number of rotatable bonds is 0. The van der Waals surface area contributed by atoms with Crippen LogP contribution in [0.4, 0.5) is 0 Å². The molecule has 0 unspecified atom stereocenters. The van der Waals surface area contributed by atoms with Crippen molar-refractivity contribution in [3.8, 4) is 0 Å². The first-order valence-electron chi connectivity index (χ1n) is 7.62. The maximum Gasteiger partial charge on any atom is 0.146 e. The molecule has 0 saturated carbocycles. The van der Waals surface area contributed by atoms with Crippen LogP contribution in [0.3, 0.4) is 0 Å². The fourth-order valence-electron chi connectivity index (χ4n) is 1.47. The van der Waals surface area contributed by atoms with Crippen LogP contribution in [0.25, 0.3) is 0 Å². The average Bonchev–Trinajstić information content (AvgIpc) is 2.53. The number of hydrogen-bond acceptors (Lipinski definition) is 8. The van der Waals surface area contributed by atoms with Crippen LogP contribution in [0.1, 0.15) is 0 Å². The number of hydrogen-bond donors (Lipinski definition) is 0. The molecular weight excluding hydrogens is 296 g/mol. The Balaban J connectivity index is 2.00. The van der Waals surface area contributed by atoms with Crippen LogP contribution in [0.15, 0.2) is 0 Å². The summed E-state index contributed by atoms with van der Waals surface area (Å²) in [5.74, 6) is 0. The Labute approximate surface area is 131 Å². The highest BCUT2D eigenvalue weighted by Gasteiger charge is 1.95. The van der Waals surface area contributed by atoms with Crippen LogP contribution < -0.4 is 0 Å². The van der Waals surface area contributed by atoms with E-state index in [1.165, 1.54) is 0 Å². The third-order valence-electron chi connectivity index (χ3n) is 2.57. The van der Waals surface area contributed by atoms with Gasteiger partial charge in [-0.1, -0.05) is 0 Å². The Kier molecular flexibility index (Phi) is 15.3. The summed E-state index contributed by atoms with van der Waals surface area (Å²) in [6.45, 7) is 6.68. The fourth-order valence-corrected chi connectivity index (χ4v) is 1.47. The summed E-state index contributed by atoms with van der Waals surface area (Å²) >= 11 is 0. The molecule has 1 aliphatic heterocycles. The van der Waals surface area contributed by atoms with Gasteiger partial charge in [-0.3, -0.25) is 0 Å². The zero-order valence-corrected chi connectivity index (χ0v) is 13.2. The summed E-state index contributed by atoms with van der Waals surface area (Å²) in [5.41, 5.74) is 0. The lowest BCUT2D eigenvalue weighted by Crippen LogP contribution is -2.15. The molecule has 1 fully saturated rings. The van der Waals surface area contributed by atoms with Gasteiger partial charge in [-0.05, 0) is 0 Å². The van der Waals surface area contributed by atoms with Crippen LogP contribution in [-0.4, -0.2) is 92.9 Å². The molecule has 1 saturated heterocycles. The molecule has 22 heavy (non-hydrogen) atoms. The summed E-state index contributed by atoms with van der Waals surface area (Å²) < 4.78 is 42.3. The summed E-state index contributed by atoms with van der Waals surface area (Å²) in [7, 11) is 0. The molecule has 0 aromatic carbocycles. The van der Waals surface area contributed by atoms with Crippen molar-refractivity contribution >= 4 is 0 Å². The molecule has 8 nitrogen and oxygen atoms in total. The SMILES string of the molecule is C1COCCOCOCCOCCOCCOCOCCO1. The van der Waals surface area contributed by atoms with Crippen molar-refractivity contribution in [1.82, 2.24) is 0 Å². The largest absolute Gasteiger partial charge is 0.377 e. The first-order chi connectivity index (χ1) is 11.0. The van der Waals surface area contributed by atoms with Gasteiger partial charge in [0.1, 0.15) is 13.6 Å². The lowest BCUT2D eigenvalue weighted by Gasteiger charge is -2.10. The van der Waals surface area contributed by atoms with Crippen molar-refractivity contribution in [3.05, 3.63) is 0 Å². The van der Waals surface area contributed by atoms with Crippen LogP contribution in [-0.2, 0) is 37.9 Å². The molecule has 0 N–H and O–H groups in total. The molecule has 132 valence electrons. The van der Waals surface area contributed by atoms with Gasteiger partial charge in [-0.2, -0.15) is 0 Å². The third-order valence-corrected chi connectivity index (χ3v) is 2.57. The first-order valence-corrected chi connectivity index (χ1v) is 7.62. The Bertz CT molecular complexity index is 119. The quantitative estimate of drug-likeness (QED) is 0.619. The van der Waals surface area contributed by atoms with E-state index in [2.05, 4.69) is 0 Å². The molecule has 0 aromatic rings. The summed E-state index contributed by atoms with van der Waals surface area (Å²) in [4.78, 5) is 0. The summed E-state index contributed by atoms with van der Waals surface area (Å²) in [5, 5.41) is 0. The Hall–Kier alpha value is -0.320. The maximum absolute atomic E-state index is 5.34. The van der Waals surface area contributed by atoms with Crippen molar-refractivity contribution in [1.29, 1.82) is 0 Å². The Morgan fingerprint density at radius 2 is 0.409 bits per heavy atom. The lowest BCUT2D eigenvalue weighted by molar-refractivity contribution is -0.0970. The van der Waals surface area contributed by atoms with E-state index in [-0.39, 0.29) is 13.6 Å². The maximum atomic E-state index is 5.34. The van der Waals surface area contributed by atoms with Crippen LogP contribution in [0.2, 0.25) is 0 Å². The van der Waals surface area contributed by atoms with Gasteiger partial charge in [0.25, 0.3) is 0 Å². The minimum atomic E-state index is 0.244. The Morgan fingerprint density at radius 3 is 0.636 bits per heavy atom. The highest BCUT2D eigenvalue weighted by Crippen LogP contribution is 1.87. The van der Waals surface area contributed by atoms with E-state index in [1.54, 1.807) is 0 Å². The average molecular weight is 324 g/mol. The van der Waals surface area contributed by atoms with E-state index >= 15 is 0 Å². The van der Waals surface area contributed by atoms with Crippen LogP contribution in [0.5, 0.6) is 0 Å². The Morgan fingerprint density at radius 1 is 0.227 bits per heavy atom. The van der Waals surface area contributed by atoms with E-state index in [0.717, 1.165) is 0 Å². The van der Waals surface area contributed by atoms with E-state index in [0.29, 0.717) is 79.3 Å². The van der Waals surface area contributed by atoms with Crippen LogP contribution >= 0.6 is 0 Å². The first kappa shape index (κ1) is 19.7. The zero-order chi connectivity index (χ0) is 15.6. The van der Waals surface area contributed by atoms with Gasteiger partial charge in [0.2, 0.25) is 0 Å². The third kappa shape index (κ3) is 14.6. The van der Waals surface area contributed by atoms with Gasteiger partial charge in [-0.15, -0.1) is 0 Å². The van der Waals surface area contributed by atoms with Crippen LogP contribution in [0, 0.1) is 0 Å². The smallest absolute Gasteiger partial charge is 0.146 e. The van der Waals surface area contributed by atoms with E-state index in [9.17, 15) is 0 Å². The van der Waals surface area contributed by atoms with Gasteiger partial charge in [0.05, 0.1) is 79.3 Å². The minimum Gasteiger partial charge on any atom is -0.377 e. The second-order valence-electron chi connectivity index (χ2n) is 4.32. The van der Waals surface area contributed by atoms with Crippen molar-refractivity contribution in [2.45, 2.75) is 0 Å². The summed E-state index contributed by atoms with van der Waals surface area (Å²) in [6.07, 6.45) is 0. The highest BCUT2D eigenvalue weighted by molar-refractivity contribution is 4.35. The number of ether oxygens (including phenoxy) is 8. The van der Waals surface area contributed by atoms with Crippen molar-refractivity contribution in [2.24, 2.45) is 0 Å². The van der Waals surface area contributed by atoms with E-state index < -0.39 is 0 Å².